The largest absolute Gasteiger partial charge is 0.442 e. The van der Waals surface area contributed by atoms with Gasteiger partial charge in [-0.3, -0.25) is 10.1 Å². The van der Waals surface area contributed by atoms with Crippen LogP contribution < -0.4 is 21.3 Å². The number of rotatable bonds is 9. The Morgan fingerprint density at radius 2 is 1.50 bits per heavy atom. The minimum atomic E-state index is -4.66. The van der Waals surface area contributed by atoms with Crippen LogP contribution in [0.4, 0.5) is 18.9 Å². The third-order valence-corrected chi connectivity index (χ3v) is 6.04. The highest BCUT2D eigenvalue weighted by atomic mass is 32.2. The molecule has 0 fully saturated rings. The Hall–Kier alpha value is -3.45. The summed E-state index contributed by atoms with van der Waals surface area (Å²) in [6.07, 6.45) is -2.06. The Bertz CT molecular complexity index is 1230. The SMILES string of the molecule is O=S(=O)(Nc1ccc(-c2ccccc2)cc1)c1ccc(/C=C/ONNNC(=S)C(F)(F)F)cc1. The number of hydrogen-bond acceptors (Lipinski definition) is 6. The van der Waals surface area contributed by atoms with Crippen LogP contribution in [0.1, 0.15) is 5.56 Å². The van der Waals surface area contributed by atoms with Crippen molar-refractivity contribution >= 4 is 39.0 Å². The van der Waals surface area contributed by atoms with Crippen LogP contribution in [0.3, 0.4) is 0 Å². The molecule has 0 atom stereocenters. The molecular formula is C22H19F3N4O3S2. The van der Waals surface area contributed by atoms with Crippen LogP contribution in [-0.2, 0) is 14.9 Å². The summed E-state index contributed by atoms with van der Waals surface area (Å²) in [7, 11) is -3.80. The Balaban J connectivity index is 1.52. The third-order valence-electron chi connectivity index (χ3n) is 4.31. The summed E-state index contributed by atoms with van der Waals surface area (Å²) in [6.45, 7) is 0. The highest BCUT2D eigenvalue weighted by Gasteiger charge is 2.34. The van der Waals surface area contributed by atoms with Gasteiger partial charge in [0.2, 0.25) is 0 Å². The van der Waals surface area contributed by atoms with Crippen LogP contribution in [0.5, 0.6) is 0 Å². The molecule has 3 rings (SSSR count). The predicted molar refractivity (Wildman–Crippen MR) is 127 cm³/mol. The van der Waals surface area contributed by atoms with Gasteiger partial charge in [-0.1, -0.05) is 72.4 Å². The molecule has 0 spiro atoms. The van der Waals surface area contributed by atoms with Crippen molar-refractivity contribution in [3.63, 3.8) is 0 Å². The topological polar surface area (TPSA) is 91.5 Å². The zero-order valence-corrected chi connectivity index (χ0v) is 19.0. The van der Waals surface area contributed by atoms with E-state index in [4.69, 9.17) is 4.84 Å². The van der Waals surface area contributed by atoms with E-state index in [0.717, 1.165) is 17.4 Å². The van der Waals surface area contributed by atoms with Crippen molar-refractivity contribution in [3.8, 4) is 11.1 Å². The van der Waals surface area contributed by atoms with E-state index in [0.29, 0.717) is 11.3 Å². The normalized spacial score (nSPS) is 11.9. The molecular weight excluding hydrogens is 489 g/mol. The van der Waals surface area contributed by atoms with E-state index < -0.39 is 21.2 Å². The lowest BCUT2D eigenvalue weighted by molar-refractivity contribution is -0.0611. The maximum absolute atomic E-state index is 12.7. The Morgan fingerprint density at radius 1 is 0.882 bits per heavy atom. The first-order valence-electron chi connectivity index (χ1n) is 9.63. The maximum Gasteiger partial charge on any atom is 0.442 e. The zero-order valence-electron chi connectivity index (χ0n) is 17.3. The lowest BCUT2D eigenvalue weighted by Crippen LogP contribution is -2.49. The van der Waals surface area contributed by atoms with Crippen molar-refractivity contribution in [1.82, 2.24) is 16.5 Å². The first-order valence-corrected chi connectivity index (χ1v) is 11.5. The highest BCUT2D eigenvalue weighted by molar-refractivity contribution is 7.92. The fourth-order valence-corrected chi connectivity index (χ4v) is 3.77. The molecule has 0 saturated heterocycles. The van der Waals surface area contributed by atoms with Crippen molar-refractivity contribution in [2.75, 3.05) is 4.72 Å². The predicted octanol–water partition coefficient (Wildman–Crippen LogP) is 4.55. The van der Waals surface area contributed by atoms with Crippen molar-refractivity contribution < 1.29 is 26.4 Å². The molecule has 0 aromatic heterocycles. The molecule has 7 nitrogen and oxygen atoms in total. The Labute approximate surface area is 199 Å². The van der Waals surface area contributed by atoms with Crippen molar-refractivity contribution in [2.45, 2.75) is 11.1 Å². The minimum Gasteiger partial charge on any atom is -0.400 e. The average molecular weight is 509 g/mol. The van der Waals surface area contributed by atoms with Gasteiger partial charge in [-0.2, -0.15) is 13.2 Å². The second kappa shape index (κ2) is 11.1. The number of alkyl halides is 3. The molecule has 0 saturated carbocycles. The maximum atomic E-state index is 12.7. The van der Waals surface area contributed by atoms with E-state index in [1.54, 1.807) is 17.6 Å². The molecule has 0 bridgehead atoms. The van der Waals surface area contributed by atoms with Gasteiger partial charge in [-0.15, -0.1) is 5.53 Å². The molecule has 0 aliphatic heterocycles. The number of benzene rings is 3. The van der Waals surface area contributed by atoms with Crippen LogP contribution in [0, 0.1) is 0 Å². The van der Waals surface area contributed by atoms with Gasteiger partial charge in [-0.25, -0.2) is 8.42 Å². The molecule has 12 heteroatoms. The first-order chi connectivity index (χ1) is 16.1. The Morgan fingerprint density at radius 3 is 2.12 bits per heavy atom. The molecule has 0 aliphatic rings. The summed E-state index contributed by atoms with van der Waals surface area (Å²) in [5.74, 6) is 0. The van der Waals surface area contributed by atoms with Crippen molar-refractivity contribution in [2.24, 2.45) is 0 Å². The third kappa shape index (κ3) is 7.28. The van der Waals surface area contributed by atoms with Gasteiger partial charge in [0.1, 0.15) is 6.26 Å². The standard InChI is InChI=1S/C22H19F3N4O3S2/c23-22(24,25)21(33)26-28-29-32-15-14-16-6-12-20(13-7-16)34(30,31)27-19-10-8-18(9-11-19)17-4-2-1-3-5-17/h1-15,27-29H,(H,26,33)/b15-14+. The molecule has 34 heavy (non-hydrogen) atoms. The molecule has 0 heterocycles. The fraction of sp³-hybridized carbons (Fsp3) is 0.0455. The van der Waals surface area contributed by atoms with Crippen LogP contribution in [0.25, 0.3) is 17.2 Å². The quantitative estimate of drug-likeness (QED) is 0.146. The van der Waals surface area contributed by atoms with Gasteiger partial charge in [-0.05, 0) is 47.0 Å². The van der Waals surface area contributed by atoms with Crippen molar-refractivity contribution in [3.05, 3.63) is 90.7 Å². The fourth-order valence-electron chi connectivity index (χ4n) is 2.66. The number of halogens is 3. The molecule has 178 valence electrons. The second-order valence-electron chi connectivity index (χ2n) is 6.72. The molecule has 4 N–H and O–H groups in total. The van der Waals surface area contributed by atoms with Crippen LogP contribution in [-0.4, -0.2) is 19.6 Å². The number of hydrazine groups is 2. The summed E-state index contributed by atoms with van der Waals surface area (Å²) in [6, 6.07) is 22.6. The van der Waals surface area contributed by atoms with E-state index in [-0.39, 0.29) is 4.90 Å². The van der Waals surface area contributed by atoms with Gasteiger partial charge < -0.3 is 4.84 Å². The van der Waals surface area contributed by atoms with E-state index >= 15 is 0 Å². The van der Waals surface area contributed by atoms with Crippen LogP contribution in [0.15, 0.2) is 90.0 Å². The smallest absolute Gasteiger partial charge is 0.400 e. The molecule has 3 aromatic rings. The summed E-state index contributed by atoms with van der Waals surface area (Å²) in [5, 5.41) is 0. The molecule has 3 aromatic carbocycles. The van der Waals surface area contributed by atoms with Crippen molar-refractivity contribution in [1.29, 1.82) is 0 Å². The van der Waals surface area contributed by atoms with E-state index in [1.807, 2.05) is 53.6 Å². The number of thiocarbonyl (C=S) groups is 1. The molecule has 0 radical (unpaired) electrons. The van der Waals surface area contributed by atoms with Gasteiger partial charge in [0.05, 0.1) is 4.90 Å². The monoisotopic (exact) mass is 508 g/mol. The summed E-state index contributed by atoms with van der Waals surface area (Å²) in [5.41, 5.74) is 8.61. The summed E-state index contributed by atoms with van der Waals surface area (Å²) in [4.78, 5) is 3.44. The van der Waals surface area contributed by atoms with Gasteiger partial charge in [0.25, 0.3) is 10.0 Å². The lowest BCUT2D eigenvalue weighted by atomic mass is 10.1. The number of nitrogens with one attached hydrogen (secondary N) is 4. The average Bonchev–Trinajstić information content (AvgIpc) is 2.81. The molecule has 0 unspecified atom stereocenters. The Kier molecular flexibility index (Phi) is 8.23. The first kappa shape index (κ1) is 25.2. The van der Waals surface area contributed by atoms with Gasteiger partial charge >= 0.3 is 6.18 Å². The molecule has 0 amide bonds. The number of hydrogen-bond donors (Lipinski definition) is 4. The van der Waals surface area contributed by atoms with E-state index in [2.05, 4.69) is 16.9 Å². The minimum absolute atomic E-state index is 0.0577. The van der Waals surface area contributed by atoms with Gasteiger partial charge in [0.15, 0.2) is 4.99 Å². The highest BCUT2D eigenvalue weighted by Crippen LogP contribution is 2.23. The molecule has 0 aliphatic carbocycles. The van der Waals surface area contributed by atoms with E-state index in [1.165, 1.54) is 30.3 Å². The van der Waals surface area contributed by atoms with Gasteiger partial charge in [0, 0.05) is 5.69 Å². The summed E-state index contributed by atoms with van der Waals surface area (Å²) >= 11 is 4.09. The second-order valence-corrected chi connectivity index (χ2v) is 8.81. The van der Waals surface area contributed by atoms with Crippen LogP contribution >= 0.6 is 12.2 Å². The van der Waals surface area contributed by atoms with Crippen LogP contribution in [0.2, 0.25) is 0 Å². The lowest BCUT2D eigenvalue weighted by Gasteiger charge is -2.11. The number of anilines is 1. The zero-order chi connectivity index (χ0) is 24.6. The number of sulfonamides is 1. The van der Waals surface area contributed by atoms with E-state index in [9.17, 15) is 21.6 Å². The summed E-state index contributed by atoms with van der Waals surface area (Å²) < 4.78 is 64.4.